The Hall–Kier alpha value is -3.61. The van der Waals surface area contributed by atoms with Crippen molar-refractivity contribution in [2.45, 2.75) is 19.6 Å². The van der Waals surface area contributed by atoms with E-state index in [2.05, 4.69) is 22.6 Å². The highest BCUT2D eigenvalue weighted by atomic mass is 127. The number of nitrogens with zero attached hydrogens (tertiary/aromatic N) is 2. The molecule has 4 aromatic carbocycles. The summed E-state index contributed by atoms with van der Waals surface area (Å²) >= 11 is 21.9. The highest BCUT2D eigenvalue weighted by Gasteiger charge is 2.35. The second kappa shape index (κ2) is 14.9. The lowest BCUT2D eigenvalue weighted by Crippen LogP contribution is -2.40. The maximum atomic E-state index is 14.3. The molecule has 1 aliphatic rings. The highest BCUT2D eigenvalue weighted by Crippen LogP contribution is 2.37. The standard InChI is InChI=1S/C36H26Cl3IN2O5S/c1-3-46-35(44)30-31(22-7-5-4-6-8-22)41-36-42(32(30)23-10-12-24(37)13-11-23)34(43)29(48-36)18-21-16-27(40)33(28(17-21)45-2)47-19-20-9-14-25(38)26(39)15-20/h4-18,32H,3,19H2,1-2H3/b29-18-/t32-/m0/s1. The van der Waals surface area contributed by atoms with Crippen molar-refractivity contribution >= 4 is 86.5 Å². The lowest BCUT2D eigenvalue weighted by molar-refractivity contribution is -0.138. The van der Waals surface area contributed by atoms with Crippen LogP contribution in [0.25, 0.3) is 11.8 Å². The van der Waals surface area contributed by atoms with E-state index in [1.54, 1.807) is 67.1 Å². The Kier molecular flexibility index (Phi) is 10.6. The fourth-order valence-corrected chi connectivity index (χ4v) is 7.53. The van der Waals surface area contributed by atoms with Crippen LogP contribution in [-0.2, 0) is 16.1 Å². The summed E-state index contributed by atoms with van der Waals surface area (Å²) in [5.74, 6) is 0.498. The Morgan fingerprint density at radius 1 is 1.00 bits per heavy atom. The number of carbonyl (C=O) groups is 1. The van der Waals surface area contributed by atoms with E-state index in [0.29, 0.717) is 47.2 Å². The number of benzene rings is 4. The Bertz CT molecular complexity index is 2240. The van der Waals surface area contributed by atoms with Crippen LogP contribution < -0.4 is 24.4 Å². The topological polar surface area (TPSA) is 79.1 Å². The van der Waals surface area contributed by atoms with Crippen molar-refractivity contribution in [1.82, 2.24) is 4.57 Å². The Labute approximate surface area is 308 Å². The maximum absolute atomic E-state index is 14.3. The second-order valence-electron chi connectivity index (χ2n) is 10.6. The van der Waals surface area contributed by atoms with Crippen molar-refractivity contribution < 1.29 is 19.0 Å². The number of fused-ring (bicyclic) bond motifs is 1. The molecule has 0 N–H and O–H groups in total. The lowest BCUT2D eigenvalue weighted by atomic mass is 9.93. The van der Waals surface area contributed by atoms with Gasteiger partial charge in [-0.25, -0.2) is 9.79 Å². The number of ether oxygens (including phenoxy) is 3. The minimum Gasteiger partial charge on any atom is -0.493 e. The average molecular weight is 832 g/mol. The maximum Gasteiger partial charge on any atom is 0.338 e. The van der Waals surface area contributed by atoms with Gasteiger partial charge in [0.1, 0.15) is 6.61 Å². The molecule has 48 heavy (non-hydrogen) atoms. The molecule has 0 radical (unpaired) electrons. The molecule has 1 aromatic heterocycles. The third kappa shape index (κ3) is 7.06. The fraction of sp³-hybridized carbons (Fsp3) is 0.139. The number of rotatable bonds is 9. The summed E-state index contributed by atoms with van der Waals surface area (Å²) in [6.07, 6.45) is 1.78. The zero-order chi connectivity index (χ0) is 33.9. The predicted molar refractivity (Wildman–Crippen MR) is 199 cm³/mol. The summed E-state index contributed by atoms with van der Waals surface area (Å²) in [7, 11) is 1.56. The number of methoxy groups -OCH3 is 1. The van der Waals surface area contributed by atoms with Gasteiger partial charge in [-0.3, -0.25) is 9.36 Å². The van der Waals surface area contributed by atoms with Crippen LogP contribution in [0, 0.1) is 3.57 Å². The van der Waals surface area contributed by atoms with Crippen molar-refractivity contribution in [2.24, 2.45) is 4.99 Å². The molecule has 1 atom stereocenters. The van der Waals surface area contributed by atoms with E-state index in [1.165, 1.54) is 11.3 Å². The molecule has 0 saturated carbocycles. The molecule has 244 valence electrons. The summed E-state index contributed by atoms with van der Waals surface area (Å²) in [5.41, 5.74) is 3.40. The second-order valence-corrected chi connectivity index (χ2v) is 14.0. The molecule has 0 spiro atoms. The summed E-state index contributed by atoms with van der Waals surface area (Å²) in [5, 5.41) is 1.44. The minimum atomic E-state index is -0.804. The van der Waals surface area contributed by atoms with E-state index in [4.69, 9.17) is 54.0 Å². The van der Waals surface area contributed by atoms with E-state index in [0.717, 1.165) is 20.3 Å². The van der Waals surface area contributed by atoms with Crippen molar-refractivity contribution in [3.63, 3.8) is 0 Å². The van der Waals surface area contributed by atoms with Gasteiger partial charge < -0.3 is 14.2 Å². The lowest BCUT2D eigenvalue weighted by Gasteiger charge is -2.25. The first-order valence-corrected chi connectivity index (χ1v) is 17.7. The van der Waals surface area contributed by atoms with Crippen LogP contribution in [0.3, 0.4) is 0 Å². The number of esters is 1. The van der Waals surface area contributed by atoms with E-state index in [-0.39, 0.29) is 24.3 Å². The van der Waals surface area contributed by atoms with E-state index in [1.807, 2.05) is 42.5 Å². The van der Waals surface area contributed by atoms with Gasteiger partial charge in [-0.1, -0.05) is 94.7 Å². The number of hydrogen-bond donors (Lipinski definition) is 0. The highest BCUT2D eigenvalue weighted by molar-refractivity contribution is 14.1. The molecule has 1 aliphatic heterocycles. The first kappa shape index (κ1) is 34.3. The van der Waals surface area contributed by atoms with E-state index in [9.17, 15) is 9.59 Å². The summed E-state index contributed by atoms with van der Waals surface area (Å²) in [4.78, 5) is 33.2. The number of thiazole rings is 1. The zero-order valence-electron chi connectivity index (χ0n) is 25.5. The molecule has 0 aliphatic carbocycles. The van der Waals surface area contributed by atoms with Crippen LogP contribution in [0.15, 0.2) is 100 Å². The average Bonchev–Trinajstić information content (AvgIpc) is 3.39. The van der Waals surface area contributed by atoms with Gasteiger partial charge in [0.05, 0.1) is 49.2 Å². The van der Waals surface area contributed by atoms with Gasteiger partial charge in [-0.2, -0.15) is 0 Å². The Morgan fingerprint density at radius 3 is 2.44 bits per heavy atom. The quantitative estimate of drug-likeness (QED) is 0.111. The van der Waals surface area contributed by atoms with Crippen molar-refractivity contribution in [1.29, 1.82) is 0 Å². The number of aromatic nitrogens is 1. The smallest absolute Gasteiger partial charge is 0.338 e. The molecule has 5 aromatic rings. The normalized spacial score (nSPS) is 14.4. The SMILES string of the molecule is CCOC(=O)C1=C(c2ccccc2)N=c2s/c(=C\c3cc(I)c(OCc4ccc(Cl)c(Cl)c4)c(OC)c3)c(=O)n2[C@H]1c1ccc(Cl)cc1. The zero-order valence-corrected chi connectivity index (χ0v) is 30.7. The number of carbonyl (C=O) groups excluding carboxylic acids is 1. The molecule has 7 nitrogen and oxygen atoms in total. The summed E-state index contributed by atoms with van der Waals surface area (Å²) in [6.45, 7) is 2.15. The van der Waals surface area contributed by atoms with Crippen molar-refractivity contribution in [3.05, 3.63) is 151 Å². The molecule has 6 rings (SSSR count). The van der Waals surface area contributed by atoms with Gasteiger partial charge in [0.25, 0.3) is 5.56 Å². The minimum absolute atomic E-state index is 0.162. The molecular weight excluding hydrogens is 806 g/mol. The molecule has 0 bridgehead atoms. The van der Waals surface area contributed by atoms with E-state index >= 15 is 0 Å². The van der Waals surface area contributed by atoms with Crippen molar-refractivity contribution in [2.75, 3.05) is 13.7 Å². The Balaban J connectivity index is 1.47. The van der Waals surface area contributed by atoms with Crippen LogP contribution in [-0.4, -0.2) is 24.3 Å². The van der Waals surface area contributed by atoms with Crippen LogP contribution >= 0.6 is 68.7 Å². The molecule has 2 heterocycles. The predicted octanol–water partition coefficient (Wildman–Crippen LogP) is 8.09. The number of hydrogen-bond acceptors (Lipinski definition) is 7. The van der Waals surface area contributed by atoms with E-state index < -0.39 is 12.0 Å². The van der Waals surface area contributed by atoms with Crippen LogP contribution in [0.2, 0.25) is 15.1 Å². The summed E-state index contributed by atoms with van der Waals surface area (Å²) in [6, 6.07) is 24.7. The molecule has 0 amide bonds. The van der Waals surface area contributed by atoms with Gasteiger partial charge in [-0.15, -0.1) is 0 Å². The molecular formula is C36H26Cl3IN2O5S. The van der Waals surface area contributed by atoms with Gasteiger partial charge >= 0.3 is 5.97 Å². The summed E-state index contributed by atoms with van der Waals surface area (Å²) < 4.78 is 20.1. The molecule has 12 heteroatoms. The van der Waals surface area contributed by atoms with Crippen molar-refractivity contribution in [3.8, 4) is 11.5 Å². The molecule has 0 saturated heterocycles. The Morgan fingerprint density at radius 2 is 1.75 bits per heavy atom. The third-order valence-corrected chi connectivity index (χ3v) is 10.3. The monoisotopic (exact) mass is 830 g/mol. The molecule has 0 unspecified atom stereocenters. The van der Waals surface area contributed by atoms with Gasteiger partial charge in [0.2, 0.25) is 0 Å². The first-order valence-electron chi connectivity index (χ1n) is 14.7. The first-order chi connectivity index (χ1) is 23.2. The van der Waals surface area contributed by atoms with Gasteiger partial charge in [0.15, 0.2) is 16.3 Å². The van der Waals surface area contributed by atoms with Gasteiger partial charge in [-0.05, 0) is 88.7 Å². The van der Waals surface area contributed by atoms with Gasteiger partial charge in [0, 0.05) is 10.6 Å². The van der Waals surface area contributed by atoms with Crippen LogP contribution in [0.1, 0.15) is 35.2 Å². The molecule has 0 fully saturated rings. The largest absolute Gasteiger partial charge is 0.493 e. The third-order valence-electron chi connectivity index (χ3n) is 7.48. The fourth-order valence-electron chi connectivity index (χ4n) is 5.30. The number of halogens is 4. The van der Waals surface area contributed by atoms with Crippen LogP contribution in [0.4, 0.5) is 0 Å². The van der Waals surface area contributed by atoms with Crippen LogP contribution in [0.5, 0.6) is 11.5 Å².